The van der Waals surface area contributed by atoms with Gasteiger partial charge in [0, 0.05) is 32.7 Å². The first-order chi connectivity index (χ1) is 15.0. The van der Waals surface area contributed by atoms with Crippen LogP contribution in [0.2, 0.25) is 0 Å². The average Bonchev–Trinajstić information content (AvgIpc) is 2.81. The molecule has 2 amide bonds. The Balaban J connectivity index is 1.75. The van der Waals surface area contributed by atoms with E-state index < -0.39 is 0 Å². The third-order valence-electron chi connectivity index (χ3n) is 4.96. The fourth-order valence-corrected chi connectivity index (χ4v) is 3.14. The Bertz CT molecular complexity index is 988. The number of hydrogen-bond acceptors (Lipinski definition) is 3. The molecule has 0 fully saturated rings. The highest BCUT2D eigenvalue weighted by Gasteiger charge is 2.17. The van der Waals surface area contributed by atoms with Gasteiger partial charge in [-0.05, 0) is 35.7 Å². The molecule has 0 saturated carbocycles. The summed E-state index contributed by atoms with van der Waals surface area (Å²) in [5.41, 5.74) is 2.80. The lowest BCUT2D eigenvalue weighted by Gasteiger charge is -2.23. The standard InChI is InChI=1S/C26H28N2O3/c1-27(2)25(29)20-31-24-15-9-14-23(18-24)26(30)28(19-22-12-7-4-8-13-22)17-16-21-10-5-3-6-11-21/h3-15,18H,16-17,19-20H2,1-2H3. The molecule has 0 aliphatic rings. The number of likely N-dealkylation sites (N-methyl/N-ethyl adjacent to an activating group) is 1. The summed E-state index contributed by atoms with van der Waals surface area (Å²) in [6.45, 7) is 1.06. The number of rotatable bonds is 9. The van der Waals surface area contributed by atoms with Crippen LogP contribution in [0.3, 0.4) is 0 Å². The molecule has 5 heteroatoms. The lowest BCUT2D eigenvalue weighted by atomic mass is 10.1. The Morgan fingerprint density at radius 1 is 0.806 bits per heavy atom. The number of ether oxygens (including phenoxy) is 1. The molecule has 0 radical (unpaired) electrons. The fourth-order valence-electron chi connectivity index (χ4n) is 3.14. The van der Waals surface area contributed by atoms with Crippen LogP contribution in [-0.2, 0) is 17.8 Å². The molecule has 0 N–H and O–H groups in total. The van der Waals surface area contributed by atoms with Crippen molar-refractivity contribution in [2.45, 2.75) is 13.0 Å². The molecule has 0 saturated heterocycles. The van der Waals surface area contributed by atoms with Gasteiger partial charge in [0.1, 0.15) is 5.75 Å². The van der Waals surface area contributed by atoms with Crippen molar-refractivity contribution in [3.8, 4) is 5.75 Å². The van der Waals surface area contributed by atoms with Crippen LogP contribution in [0.25, 0.3) is 0 Å². The molecular weight excluding hydrogens is 388 g/mol. The molecule has 0 bridgehead atoms. The summed E-state index contributed by atoms with van der Waals surface area (Å²) >= 11 is 0. The Morgan fingerprint density at radius 2 is 1.45 bits per heavy atom. The van der Waals surface area contributed by atoms with E-state index in [0.717, 1.165) is 12.0 Å². The van der Waals surface area contributed by atoms with E-state index in [1.54, 1.807) is 38.4 Å². The Labute approximate surface area is 183 Å². The Kier molecular flexibility index (Phi) is 7.82. The second-order valence-corrected chi connectivity index (χ2v) is 7.55. The minimum Gasteiger partial charge on any atom is -0.484 e. The van der Waals surface area contributed by atoms with Crippen LogP contribution in [0.1, 0.15) is 21.5 Å². The fraction of sp³-hybridized carbons (Fsp3) is 0.231. The van der Waals surface area contributed by atoms with Gasteiger partial charge in [-0.3, -0.25) is 9.59 Å². The third-order valence-corrected chi connectivity index (χ3v) is 4.96. The number of benzene rings is 3. The van der Waals surface area contributed by atoms with Crippen LogP contribution in [-0.4, -0.2) is 48.9 Å². The number of carbonyl (C=O) groups excluding carboxylic acids is 2. The smallest absolute Gasteiger partial charge is 0.259 e. The highest BCUT2D eigenvalue weighted by atomic mass is 16.5. The van der Waals surface area contributed by atoms with E-state index in [-0.39, 0.29) is 18.4 Å². The highest BCUT2D eigenvalue weighted by molar-refractivity contribution is 5.94. The van der Waals surface area contributed by atoms with Crippen molar-refractivity contribution < 1.29 is 14.3 Å². The number of amides is 2. The van der Waals surface area contributed by atoms with Gasteiger partial charge in [-0.25, -0.2) is 0 Å². The minimum atomic E-state index is -0.134. The van der Waals surface area contributed by atoms with Crippen LogP contribution in [0.5, 0.6) is 5.75 Å². The first-order valence-corrected chi connectivity index (χ1v) is 10.3. The van der Waals surface area contributed by atoms with Crippen molar-refractivity contribution in [3.63, 3.8) is 0 Å². The highest BCUT2D eigenvalue weighted by Crippen LogP contribution is 2.17. The molecule has 0 unspecified atom stereocenters. The third kappa shape index (κ3) is 6.71. The van der Waals surface area contributed by atoms with Crippen LogP contribution in [0, 0.1) is 0 Å². The summed E-state index contributed by atoms with van der Waals surface area (Å²) in [5.74, 6) is 0.304. The van der Waals surface area contributed by atoms with E-state index in [1.807, 2.05) is 53.4 Å². The zero-order valence-corrected chi connectivity index (χ0v) is 18.0. The van der Waals surface area contributed by atoms with Gasteiger partial charge >= 0.3 is 0 Å². The van der Waals surface area contributed by atoms with Crippen LogP contribution >= 0.6 is 0 Å². The van der Waals surface area contributed by atoms with Crippen molar-refractivity contribution in [2.75, 3.05) is 27.2 Å². The summed E-state index contributed by atoms with van der Waals surface area (Å²) in [5, 5.41) is 0. The van der Waals surface area contributed by atoms with Gasteiger partial charge in [0.15, 0.2) is 6.61 Å². The first kappa shape index (κ1) is 22.1. The number of hydrogen-bond donors (Lipinski definition) is 0. The molecule has 0 aliphatic heterocycles. The molecule has 0 heterocycles. The van der Waals surface area contributed by atoms with Gasteiger partial charge in [-0.15, -0.1) is 0 Å². The van der Waals surface area contributed by atoms with Crippen LogP contribution in [0.4, 0.5) is 0 Å². The van der Waals surface area contributed by atoms with Crippen LogP contribution in [0.15, 0.2) is 84.9 Å². The van der Waals surface area contributed by atoms with E-state index in [4.69, 9.17) is 4.74 Å². The quantitative estimate of drug-likeness (QED) is 0.529. The average molecular weight is 417 g/mol. The molecule has 0 aromatic heterocycles. The van der Waals surface area contributed by atoms with Crippen molar-refractivity contribution >= 4 is 11.8 Å². The summed E-state index contributed by atoms with van der Waals surface area (Å²) < 4.78 is 5.59. The number of carbonyl (C=O) groups is 2. The van der Waals surface area contributed by atoms with Crippen molar-refractivity contribution in [3.05, 3.63) is 102 Å². The monoisotopic (exact) mass is 416 g/mol. The zero-order chi connectivity index (χ0) is 22.1. The molecule has 5 nitrogen and oxygen atoms in total. The summed E-state index contributed by atoms with van der Waals surface area (Å²) in [4.78, 5) is 28.5. The molecule has 31 heavy (non-hydrogen) atoms. The largest absolute Gasteiger partial charge is 0.484 e. The maximum atomic E-state index is 13.4. The lowest BCUT2D eigenvalue weighted by molar-refractivity contribution is -0.130. The minimum absolute atomic E-state index is 0.0631. The van der Waals surface area contributed by atoms with E-state index >= 15 is 0 Å². The van der Waals surface area contributed by atoms with Gasteiger partial charge in [0.05, 0.1) is 0 Å². The second-order valence-electron chi connectivity index (χ2n) is 7.55. The summed E-state index contributed by atoms with van der Waals surface area (Å²) in [6, 6.07) is 27.1. The predicted octanol–water partition coefficient (Wildman–Crippen LogP) is 4.04. The van der Waals surface area contributed by atoms with Crippen molar-refractivity contribution in [1.82, 2.24) is 9.80 Å². The maximum absolute atomic E-state index is 13.4. The molecular formula is C26H28N2O3. The molecule has 3 rings (SSSR count). The van der Waals surface area contributed by atoms with E-state index in [9.17, 15) is 9.59 Å². The normalized spacial score (nSPS) is 10.4. The maximum Gasteiger partial charge on any atom is 0.259 e. The van der Waals surface area contributed by atoms with Gasteiger partial charge < -0.3 is 14.5 Å². The molecule has 0 atom stereocenters. The van der Waals surface area contributed by atoms with Crippen molar-refractivity contribution in [2.24, 2.45) is 0 Å². The SMILES string of the molecule is CN(C)C(=O)COc1cccc(C(=O)N(CCc2ccccc2)Cc2ccccc2)c1. The van der Waals surface area contributed by atoms with Gasteiger partial charge in [-0.2, -0.15) is 0 Å². The summed E-state index contributed by atoms with van der Waals surface area (Å²) in [6.07, 6.45) is 0.771. The van der Waals surface area contributed by atoms with Crippen LogP contribution < -0.4 is 4.74 Å². The second kappa shape index (κ2) is 11.0. The zero-order valence-electron chi connectivity index (χ0n) is 18.0. The number of nitrogens with zero attached hydrogens (tertiary/aromatic N) is 2. The first-order valence-electron chi connectivity index (χ1n) is 10.3. The van der Waals surface area contributed by atoms with E-state index in [0.29, 0.717) is 24.4 Å². The predicted molar refractivity (Wildman–Crippen MR) is 122 cm³/mol. The topological polar surface area (TPSA) is 49.9 Å². The molecule has 0 aliphatic carbocycles. The molecule has 0 spiro atoms. The Hall–Kier alpha value is -3.60. The Morgan fingerprint density at radius 3 is 2.10 bits per heavy atom. The van der Waals surface area contributed by atoms with Gasteiger partial charge in [0.25, 0.3) is 11.8 Å². The lowest BCUT2D eigenvalue weighted by Crippen LogP contribution is -2.32. The van der Waals surface area contributed by atoms with Crippen molar-refractivity contribution in [1.29, 1.82) is 0 Å². The summed E-state index contributed by atoms with van der Waals surface area (Å²) in [7, 11) is 3.36. The van der Waals surface area contributed by atoms with E-state index in [2.05, 4.69) is 12.1 Å². The molecule has 3 aromatic rings. The van der Waals surface area contributed by atoms with E-state index in [1.165, 1.54) is 10.5 Å². The molecule has 160 valence electrons. The van der Waals surface area contributed by atoms with Gasteiger partial charge in [-0.1, -0.05) is 66.7 Å². The van der Waals surface area contributed by atoms with Gasteiger partial charge in [0.2, 0.25) is 0 Å². The molecule has 3 aromatic carbocycles.